The van der Waals surface area contributed by atoms with Crippen LogP contribution in [0.25, 0.3) is 23.3 Å². The third kappa shape index (κ3) is 5.60. The van der Waals surface area contributed by atoms with E-state index in [9.17, 15) is 8.42 Å². The van der Waals surface area contributed by atoms with Gasteiger partial charge in [0, 0.05) is 18.7 Å². The van der Waals surface area contributed by atoms with Gasteiger partial charge >= 0.3 is 0 Å². The number of anilines is 1. The molecule has 0 fully saturated rings. The third-order valence-corrected chi connectivity index (χ3v) is 6.19. The van der Waals surface area contributed by atoms with E-state index < -0.39 is 10.1 Å². The minimum Gasteiger partial charge on any atom is -0.491 e. The molecule has 0 unspecified atom stereocenters. The van der Waals surface area contributed by atoms with Crippen molar-refractivity contribution in [2.75, 3.05) is 25.6 Å². The van der Waals surface area contributed by atoms with Gasteiger partial charge in [0.15, 0.2) is 5.58 Å². The molecule has 0 amide bonds. The maximum Gasteiger partial charge on any atom is 0.297 e. The molecule has 0 bridgehead atoms. The second-order valence-electron chi connectivity index (χ2n) is 7.31. The van der Waals surface area contributed by atoms with Gasteiger partial charge in [0.2, 0.25) is 0 Å². The summed E-state index contributed by atoms with van der Waals surface area (Å²) in [6.07, 6.45) is 3.91. The zero-order valence-electron chi connectivity index (χ0n) is 18.3. The second-order valence-corrected chi connectivity index (χ2v) is 8.93. The largest absolute Gasteiger partial charge is 0.491 e. The normalized spacial score (nSPS) is 11.8. The fourth-order valence-corrected chi connectivity index (χ4v) is 4.07. The van der Waals surface area contributed by atoms with E-state index in [1.807, 2.05) is 55.5 Å². The van der Waals surface area contributed by atoms with Crippen molar-refractivity contribution in [2.45, 2.75) is 11.8 Å². The van der Waals surface area contributed by atoms with E-state index in [1.54, 1.807) is 25.2 Å². The fraction of sp³-hybridized carbons (Fsp3) is 0.160. The second kappa shape index (κ2) is 9.89. The first-order chi connectivity index (χ1) is 15.9. The van der Waals surface area contributed by atoms with E-state index in [0.29, 0.717) is 22.9 Å². The number of hydrogen-bond donors (Lipinski definition) is 1. The first kappa shape index (κ1) is 22.6. The first-order valence-corrected chi connectivity index (χ1v) is 11.8. The van der Waals surface area contributed by atoms with Gasteiger partial charge in [-0.1, -0.05) is 60.2 Å². The number of nitrogens with zero attached hydrogens (tertiary/aromatic N) is 1. The number of ether oxygens (including phenoxy) is 1. The number of hydrogen-bond acceptors (Lipinski definition) is 7. The van der Waals surface area contributed by atoms with Crippen molar-refractivity contribution in [3.05, 3.63) is 83.4 Å². The Labute approximate surface area is 192 Å². The summed E-state index contributed by atoms with van der Waals surface area (Å²) in [5.41, 5.74) is 4.07. The fourth-order valence-electron chi connectivity index (χ4n) is 3.17. The van der Waals surface area contributed by atoms with Gasteiger partial charge in [-0.2, -0.15) is 13.4 Å². The van der Waals surface area contributed by atoms with Gasteiger partial charge in [-0.25, -0.2) is 0 Å². The van der Waals surface area contributed by atoms with Gasteiger partial charge < -0.3 is 14.5 Å². The Kier molecular flexibility index (Phi) is 6.76. The third-order valence-electron chi connectivity index (χ3n) is 4.87. The van der Waals surface area contributed by atoms with E-state index in [2.05, 4.69) is 10.3 Å². The molecule has 7 nitrogen and oxygen atoms in total. The van der Waals surface area contributed by atoms with Crippen molar-refractivity contribution in [1.82, 2.24) is 4.98 Å². The minimum absolute atomic E-state index is 0.0471. The van der Waals surface area contributed by atoms with Crippen molar-refractivity contribution in [3.63, 3.8) is 0 Å². The number of aryl methyl sites for hydroxylation is 1. The van der Waals surface area contributed by atoms with Crippen LogP contribution in [-0.2, 0) is 14.3 Å². The van der Waals surface area contributed by atoms with Crippen LogP contribution in [0.3, 0.4) is 0 Å². The van der Waals surface area contributed by atoms with E-state index in [1.165, 1.54) is 12.1 Å². The van der Waals surface area contributed by atoms with Gasteiger partial charge in [0.25, 0.3) is 16.1 Å². The lowest BCUT2D eigenvalue weighted by atomic mass is 10.1. The molecule has 0 radical (unpaired) electrons. The average molecular weight is 465 g/mol. The zero-order chi connectivity index (χ0) is 23.3. The Balaban J connectivity index is 1.48. The number of nitrogens with one attached hydrogen (secondary N) is 1. The molecule has 0 aliphatic rings. The van der Waals surface area contributed by atoms with E-state index in [-0.39, 0.29) is 18.1 Å². The highest BCUT2D eigenvalue weighted by Gasteiger charge is 2.15. The number of oxazole rings is 1. The number of fused-ring (bicyclic) bond motifs is 1. The van der Waals surface area contributed by atoms with Gasteiger partial charge in [-0.05, 0) is 30.7 Å². The van der Waals surface area contributed by atoms with Crippen LogP contribution in [0.2, 0.25) is 0 Å². The van der Waals surface area contributed by atoms with Crippen LogP contribution in [0.1, 0.15) is 16.7 Å². The van der Waals surface area contributed by atoms with Crippen LogP contribution in [0.5, 0.6) is 5.75 Å². The van der Waals surface area contributed by atoms with Crippen molar-refractivity contribution < 1.29 is 21.8 Å². The summed E-state index contributed by atoms with van der Waals surface area (Å²) in [4.78, 5) is 4.58. The number of rotatable bonds is 9. The molecule has 0 spiro atoms. The molecule has 8 heteroatoms. The van der Waals surface area contributed by atoms with Gasteiger partial charge in [-0.3, -0.25) is 4.18 Å². The van der Waals surface area contributed by atoms with E-state index in [4.69, 9.17) is 13.3 Å². The molecule has 3 aromatic carbocycles. The highest BCUT2D eigenvalue weighted by molar-refractivity contribution is 7.86. The Morgan fingerprint density at radius 2 is 1.76 bits per heavy atom. The van der Waals surface area contributed by atoms with Gasteiger partial charge in [0.1, 0.15) is 24.5 Å². The van der Waals surface area contributed by atoms with Crippen LogP contribution in [0.15, 0.2) is 76.0 Å². The molecule has 170 valence electrons. The number of benzene rings is 3. The molecule has 1 aromatic heterocycles. The standard InChI is InChI=1S/C25H24N2O5S/c1-18-8-12-22(13-9-18)33(28,29)31-15-14-30-21-16-20(11-10-19-6-4-3-5-7-19)24-23(17-21)32-25(26-2)27-24/h3-13,16-17H,14-15H2,1-2H3,(H,26,27). The molecule has 0 aliphatic heterocycles. The summed E-state index contributed by atoms with van der Waals surface area (Å²) in [6.45, 7) is 1.81. The van der Waals surface area contributed by atoms with Crippen molar-refractivity contribution in [3.8, 4) is 5.75 Å². The van der Waals surface area contributed by atoms with Crippen molar-refractivity contribution in [1.29, 1.82) is 0 Å². The van der Waals surface area contributed by atoms with Crippen LogP contribution in [-0.4, -0.2) is 33.7 Å². The van der Waals surface area contributed by atoms with E-state index >= 15 is 0 Å². The molecule has 0 atom stereocenters. The summed E-state index contributed by atoms with van der Waals surface area (Å²) < 4.78 is 41.2. The smallest absolute Gasteiger partial charge is 0.297 e. The lowest BCUT2D eigenvalue weighted by Crippen LogP contribution is -2.13. The minimum atomic E-state index is -3.84. The Morgan fingerprint density at radius 1 is 1.00 bits per heavy atom. The highest BCUT2D eigenvalue weighted by Crippen LogP contribution is 2.29. The molecule has 0 saturated heterocycles. The van der Waals surface area contributed by atoms with Crippen molar-refractivity contribution in [2.24, 2.45) is 0 Å². The SMILES string of the molecule is CNc1nc2c(C=Cc3ccccc3)cc(OCCOS(=O)(=O)c3ccc(C)cc3)cc2o1. The molecular formula is C25H24N2O5S. The van der Waals surface area contributed by atoms with E-state index in [0.717, 1.165) is 16.7 Å². The maximum atomic E-state index is 12.3. The summed E-state index contributed by atoms with van der Waals surface area (Å²) >= 11 is 0. The van der Waals surface area contributed by atoms with Crippen LogP contribution in [0, 0.1) is 6.92 Å². The summed E-state index contributed by atoms with van der Waals surface area (Å²) in [7, 11) is -2.11. The van der Waals surface area contributed by atoms with Gasteiger partial charge in [0.05, 0.1) is 4.90 Å². The lowest BCUT2D eigenvalue weighted by molar-refractivity contribution is 0.221. The predicted molar refractivity (Wildman–Crippen MR) is 129 cm³/mol. The molecule has 1 heterocycles. The topological polar surface area (TPSA) is 90.7 Å². The lowest BCUT2D eigenvalue weighted by Gasteiger charge is -2.09. The predicted octanol–water partition coefficient (Wildman–Crippen LogP) is 5.13. The molecule has 4 aromatic rings. The Morgan fingerprint density at radius 3 is 2.48 bits per heavy atom. The molecule has 1 N–H and O–H groups in total. The van der Waals surface area contributed by atoms with Crippen molar-refractivity contribution >= 4 is 39.4 Å². The van der Waals surface area contributed by atoms with Crippen LogP contribution in [0.4, 0.5) is 6.01 Å². The maximum absolute atomic E-state index is 12.3. The quantitative estimate of drug-likeness (QED) is 0.209. The molecule has 4 rings (SSSR count). The summed E-state index contributed by atoms with van der Waals surface area (Å²) in [5, 5.41) is 2.90. The monoisotopic (exact) mass is 464 g/mol. The Hall–Kier alpha value is -3.62. The zero-order valence-corrected chi connectivity index (χ0v) is 19.1. The molecular weight excluding hydrogens is 440 g/mol. The highest BCUT2D eigenvalue weighted by atomic mass is 32.2. The van der Waals surface area contributed by atoms with Gasteiger partial charge in [-0.15, -0.1) is 0 Å². The van der Waals surface area contributed by atoms with Crippen LogP contribution >= 0.6 is 0 Å². The van der Waals surface area contributed by atoms with Crippen LogP contribution < -0.4 is 10.1 Å². The first-order valence-electron chi connectivity index (χ1n) is 10.4. The summed E-state index contributed by atoms with van der Waals surface area (Å²) in [5.74, 6) is 0.519. The summed E-state index contributed by atoms with van der Waals surface area (Å²) in [6, 6.07) is 20.3. The average Bonchev–Trinajstić information content (AvgIpc) is 3.25. The molecule has 33 heavy (non-hydrogen) atoms. The molecule has 0 aliphatic carbocycles. The number of aromatic nitrogens is 1. The molecule has 0 saturated carbocycles. The Bertz CT molecular complexity index is 1360.